The van der Waals surface area contributed by atoms with E-state index in [0.717, 1.165) is 16.7 Å². The van der Waals surface area contributed by atoms with Gasteiger partial charge >= 0.3 is 0 Å². The van der Waals surface area contributed by atoms with Crippen molar-refractivity contribution >= 4 is 27.5 Å². The number of benzene rings is 1. The zero-order valence-electron chi connectivity index (χ0n) is 11.1. The minimum Gasteiger partial charge on any atom is -0.352 e. The predicted octanol–water partition coefficient (Wildman–Crippen LogP) is 3.71. The van der Waals surface area contributed by atoms with Crippen LogP contribution in [-0.2, 0) is 0 Å². The molecule has 0 saturated heterocycles. The van der Waals surface area contributed by atoms with Gasteiger partial charge in [0.05, 0.1) is 4.47 Å². The van der Waals surface area contributed by atoms with E-state index in [-0.39, 0.29) is 0 Å². The summed E-state index contributed by atoms with van der Waals surface area (Å²) in [4.78, 5) is 4.47. The van der Waals surface area contributed by atoms with Crippen molar-refractivity contribution in [2.45, 2.75) is 12.8 Å². The zero-order chi connectivity index (χ0) is 13.9. The van der Waals surface area contributed by atoms with Crippen LogP contribution < -0.4 is 5.32 Å². The highest BCUT2D eigenvalue weighted by Gasteiger charge is 2.08. The number of hydrogen-bond acceptors (Lipinski definition) is 3. The molecule has 20 heavy (non-hydrogen) atoms. The van der Waals surface area contributed by atoms with Crippen LogP contribution in [-0.4, -0.2) is 21.1 Å². The summed E-state index contributed by atoms with van der Waals surface area (Å²) in [5.74, 6) is 1.06. The largest absolute Gasteiger partial charge is 0.352 e. The second-order valence-electron chi connectivity index (χ2n) is 4.75. The molecular weight excluding hydrogens is 316 g/mol. The van der Waals surface area contributed by atoms with Gasteiger partial charge < -0.3 is 5.32 Å². The molecule has 1 aromatic carbocycles. The summed E-state index contributed by atoms with van der Waals surface area (Å²) in [6.45, 7) is 2.99. The number of nitrogens with zero attached hydrogens (tertiary/aromatic N) is 3. The van der Waals surface area contributed by atoms with E-state index in [2.05, 4.69) is 62.5 Å². The van der Waals surface area contributed by atoms with Crippen LogP contribution in [0.5, 0.6) is 0 Å². The van der Waals surface area contributed by atoms with Gasteiger partial charge in [0, 0.05) is 12.7 Å². The smallest absolute Gasteiger partial charge is 0.243 e. The van der Waals surface area contributed by atoms with E-state index in [1.807, 2.05) is 24.4 Å². The Kier molecular flexibility index (Phi) is 3.69. The fraction of sp³-hybridized carbons (Fsp3) is 0.200. The number of pyridine rings is 1. The molecule has 0 spiro atoms. The molecule has 1 unspecified atom stereocenters. The highest BCUT2D eigenvalue weighted by Crippen LogP contribution is 2.18. The first-order valence-corrected chi connectivity index (χ1v) is 7.33. The third-order valence-electron chi connectivity index (χ3n) is 3.25. The van der Waals surface area contributed by atoms with Gasteiger partial charge in [-0.25, -0.2) is 4.52 Å². The van der Waals surface area contributed by atoms with Gasteiger partial charge in [-0.1, -0.05) is 37.3 Å². The van der Waals surface area contributed by atoms with Gasteiger partial charge in [0.25, 0.3) is 0 Å². The molecule has 0 aliphatic carbocycles. The maximum atomic E-state index is 4.47. The van der Waals surface area contributed by atoms with Crippen molar-refractivity contribution in [2.24, 2.45) is 0 Å². The number of fused-ring (bicyclic) bond motifs is 1. The Morgan fingerprint density at radius 3 is 2.75 bits per heavy atom. The number of rotatable bonds is 4. The molecule has 0 radical (unpaired) electrons. The lowest BCUT2D eigenvalue weighted by Gasteiger charge is -2.11. The van der Waals surface area contributed by atoms with E-state index in [1.54, 1.807) is 4.52 Å². The highest BCUT2D eigenvalue weighted by molar-refractivity contribution is 9.10. The van der Waals surface area contributed by atoms with Gasteiger partial charge in [-0.15, -0.1) is 5.10 Å². The maximum Gasteiger partial charge on any atom is 0.243 e. The fourth-order valence-electron chi connectivity index (χ4n) is 2.09. The van der Waals surface area contributed by atoms with Gasteiger partial charge in [-0.05, 0) is 39.5 Å². The molecule has 3 aromatic rings. The quantitative estimate of drug-likeness (QED) is 0.792. The summed E-state index contributed by atoms with van der Waals surface area (Å²) in [5, 5.41) is 7.70. The van der Waals surface area contributed by atoms with Crippen LogP contribution in [0.4, 0.5) is 5.95 Å². The van der Waals surface area contributed by atoms with Crippen molar-refractivity contribution in [2.75, 3.05) is 11.9 Å². The van der Waals surface area contributed by atoms with Gasteiger partial charge in [-0.3, -0.25) is 0 Å². The summed E-state index contributed by atoms with van der Waals surface area (Å²) >= 11 is 3.48. The molecule has 1 atom stereocenters. The standard InChI is InChI=1S/C15H15BrN4/c1-11(12-6-3-2-4-7-12)10-17-15-18-14-13(16)8-5-9-20(14)19-15/h2-9,11H,10H2,1H3,(H,17,19). The van der Waals surface area contributed by atoms with E-state index >= 15 is 0 Å². The molecule has 5 heteroatoms. The summed E-state index contributed by atoms with van der Waals surface area (Å²) in [5.41, 5.74) is 2.13. The third kappa shape index (κ3) is 2.67. The number of hydrogen-bond donors (Lipinski definition) is 1. The molecule has 102 valence electrons. The Balaban J connectivity index is 1.72. The summed E-state index contributed by atoms with van der Waals surface area (Å²) < 4.78 is 2.70. The van der Waals surface area contributed by atoms with Gasteiger partial charge in [0.1, 0.15) is 0 Å². The summed E-state index contributed by atoms with van der Waals surface area (Å²) in [6, 6.07) is 14.3. The fourth-order valence-corrected chi connectivity index (χ4v) is 2.52. The average Bonchev–Trinajstić information content (AvgIpc) is 2.90. The van der Waals surface area contributed by atoms with Crippen LogP contribution >= 0.6 is 15.9 Å². The Morgan fingerprint density at radius 1 is 1.20 bits per heavy atom. The van der Waals surface area contributed by atoms with Crippen LogP contribution in [0.3, 0.4) is 0 Å². The molecule has 2 aromatic heterocycles. The van der Waals surface area contributed by atoms with Crippen molar-refractivity contribution in [3.8, 4) is 0 Å². The minimum absolute atomic E-state index is 0.409. The van der Waals surface area contributed by atoms with E-state index in [4.69, 9.17) is 0 Å². The number of aromatic nitrogens is 3. The maximum absolute atomic E-state index is 4.47. The van der Waals surface area contributed by atoms with Gasteiger partial charge in [0.2, 0.25) is 5.95 Å². The van der Waals surface area contributed by atoms with E-state index in [9.17, 15) is 0 Å². The second-order valence-corrected chi connectivity index (χ2v) is 5.61. The van der Waals surface area contributed by atoms with Crippen molar-refractivity contribution in [3.63, 3.8) is 0 Å². The topological polar surface area (TPSA) is 42.2 Å². The van der Waals surface area contributed by atoms with Gasteiger partial charge in [-0.2, -0.15) is 4.98 Å². The Labute approximate surface area is 126 Å². The van der Waals surface area contributed by atoms with E-state index in [0.29, 0.717) is 11.9 Å². The van der Waals surface area contributed by atoms with E-state index < -0.39 is 0 Å². The minimum atomic E-state index is 0.409. The molecule has 1 N–H and O–H groups in total. The van der Waals surface area contributed by atoms with Crippen LogP contribution in [0.1, 0.15) is 18.4 Å². The molecule has 2 heterocycles. The monoisotopic (exact) mass is 330 g/mol. The van der Waals surface area contributed by atoms with Crippen LogP contribution in [0.2, 0.25) is 0 Å². The van der Waals surface area contributed by atoms with Crippen molar-refractivity contribution < 1.29 is 0 Å². The highest BCUT2D eigenvalue weighted by atomic mass is 79.9. The predicted molar refractivity (Wildman–Crippen MR) is 84.0 cm³/mol. The molecule has 0 aliphatic heterocycles. The molecule has 0 amide bonds. The molecule has 0 bridgehead atoms. The lowest BCUT2D eigenvalue weighted by Crippen LogP contribution is -2.10. The van der Waals surface area contributed by atoms with Crippen molar-refractivity contribution in [1.82, 2.24) is 14.6 Å². The molecular formula is C15H15BrN4. The normalized spacial score (nSPS) is 12.5. The van der Waals surface area contributed by atoms with Crippen molar-refractivity contribution in [3.05, 3.63) is 58.7 Å². The average molecular weight is 331 g/mol. The molecule has 3 rings (SSSR count). The number of anilines is 1. The number of nitrogens with one attached hydrogen (secondary N) is 1. The Hall–Kier alpha value is -1.88. The van der Waals surface area contributed by atoms with Crippen LogP contribution in [0.25, 0.3) is 5.65 Å². The molecule has 0 saturated carbocycles. The Bertz CT molecular complexity index is 708. The number of halogens is 1. The Morgan fingerprint density at radius 2 is 2.00 bits per heavy atom. The third-order valence-corrected chi connectivity index (χ3v) is 3.87. The first-order chi connectivity index (χ1) is 9.74. The molecule has 0 fully saturated rings. The second kappa shape index (κ2) is 5.63. The summed E-state index contributed by atoms with van der Waals surface area (Å²) in [7, 11) is 0. The van der Waals surface area contributed by atoms with E-state index in [1.165, 1.54) is 5.56 Å². The van der Waals surface area contributed by atoms with Crippen molar-refractivity contribution in [1.29, 1.82) is 0 Å². The summed E-state index contributed by atoms with van der Waals surface area (Å²) in [6.07, 6.45) is 1.89. The zero-order valence-corrected chi connectivity index (χ0v) is 12.7. The lowest BCUT2D eigenvalue weighted by molar-refractivity contribution is 0.795. The first kappa shape index (κ1) is 13.1. The molecule has 0 aliphatic rings. The SMILES string of the molecule is CC(CNc1nc2c(Br)cccn2n1)c1ccccc1. The van der Waals surface area contributed by atoms with Crippen LogP contribution in [0.15, 0.2) is 53.1 Å². The lowest BCUT2D eigenvalue weighted by atomic mass is 10.0. The molecule has 4 nitrogen and oxygen atoms in total. The van der Waals surface area contributed by atoms with Gasteiger partial charge in [0.15, 0.2) is 5.65 Å². The van der Waals surface area contributed by atoms with Crippen LogP contribution in [0, 0.1) is 0 Å². The first-order valence-electron chi connectivity index (χ1n) is 6.54.